The van der Waals surface area contributed by atoms with Crippen molar-refractivity contribution in [3.63, 3.8) is 0 Å². The van der Waals surface area contributed by atoms with E-state index in [1.165, 1.54) is 25.3 Å². The van der Waals surface area contributed by atoms with E-state index in [-0.39, 0.29) is 12.1 Å². The van der Waals surface area contributed by atoms with Crippen molar-refractivity contribution in [1.82, 2.24) is 0 Å². The Bertz CT molecular complexity index is 919. The molecule has 0 aliphatic rings. The third-order valence-corrected chi connectivity index (χ3v) is 5.25. The minimum Gasteiger partial charge on any atom is -0.495 e. The number of ether oxygens (including phenoxy) is 1. The number of methoxy groups -OCH3 is 1. The number of nitrogens with zero attached hydrogens (tertiary/aromatic N) is 1. The average molecular weight is 415 g/mol. The summed E-state index contributed by atoms with van der Waals surface area (Å²) in [5.41, 5.74) is 0.514. The molecule has 6 nitrogen and oxygen atoms in total. The average Bonchev–Trinajstić information content (AvgIpc) is 2.59. The quantitative estimate of drug-likeness (QED) is 0.750. The topological polar surface area (TPSA) is 75.7 Å². The largest absolute Gasteiger partial charge is 0.495 e. The zero-order chi connectivity index (χ0) is 20.2. The van der Waals surface area contributed by atoms with Crippen molar-refractivity contribution >= 4 is 38.9 Å². The number of halogens is 2. The van der Waals surface area contributed by atoms with E-state index in [9.17, 15) is 17.6 Å². The van der Waals surface area contributed by atoms with E-state index >= 15 is 0 Å². The van der Waals surface area contributed by atoms with E-state index in [2.05, 4.69) is 5.32 Å². The summed E-state index contributed by atoms with van der Waals surface area (Å²) >= 11 is 5.97. The SMILES string of the molecule is CC[C@@H](C(=O)Nc1cc(Cl)ccc1OC)N(c1ccc(F)cc1)S(C)(=O)=O. The Morgan fingerprint density at radius 1 is 1.26 bits per heavy atom. The Kier molecular flexibility index (Phi) is 6.67. The van der Waals surface area contributed by atoms with Crippen molar-refractivity contribution < 1.29 is 22.3 Å². The zero-order valence-corrected chi connectivity index (χ0v) is 16.6. The van der Waals surface area contributed by atoms with Gasteiger partial charge in [-0.25, -0.2) is 12.8 Å². The fraction of sp³-hybridized carbons (Fsp3) is 0.278. The second-order valence-corrected chi connectivity index (χ2v) is 8.09. The molecule has 2 aromatic rings. The Labute approximate surface area is 162 Å². The van der Waals surface area contributed by atoms with Gasteiger partial charge in [0.2, 0.25) is 15.9 Å². The van der Waals surface area contributed by atoms with Gasteiger partial charge in [0.15, 0.2) is 0 Å². The van der Waals surface area contributed by atoms with Gasteiger partial charge in [0.25, 0.3) is 0 Å². The van der Waals surface area contributed by atoms with Gasteiger partial charge in [0.05, 0.1) is 24.7 Å². The summed E-state index contributed by atoms with van der Waals surface area (Å²) in [6, 6.07) is 8.55. The van der Waals surface area contributed by atoms with Gasteiger partial charge in [-0.3, -0.25) is 9.10 Å². The first-order valence-corrected chi connectivity index (χ1v) is 10.3. The molecular formula is C18H20ClFN2O4S. The van der Waals surface area contributed by atoms with Crippen molar-refractivity contribution in [2.24, 2.45) is 0 Å². The van der Waals surface area contributed by atoms with E-state index in [0.717, 1.165) is 22.7 Å². The molecule has 146 valence electrons. The molecule has 2 aromatic carbocycles. The Morgan fingerprint density at radius 3 is 2.41 bits per heavy atom. The van der Waals surface area contributed by atoms with Crippen molar-refractivity contribution in [2.45, 2.75) is 19.4 Å². The smallest absolute Gasteiger partial charge is 0.248 e. The van der Waals surface area contributed by atoms with Gasteiger partial charge in [-0.05, 0) is 48.9 Å². The number of rotatable bonds is 7. The lowest BCUT2D eigenvalue weighted by Crippen LogP contribution is -2.47. The maximum Gasteiger partial charge on any atom is 0.248 e. The summed E-state index contributed by atoms with van der Waals surface area (Å²) < 4.78 is 44.1. The first-order chi connectivity index (χ1) is 12.7. The minimum absolute atomic E-state index is 0.193. The lowest BCUT2D eigenvalue weighted by atomic mass is 10.1. The van der Waals surface area contributed by atoms with Crippen LogP contribution in [0.5, 0.6) is 5.75 Å². The third-order valence-electron chi connectivity index (χ3n) is 3.83. The molecule has 0 aromatic heterocycles. The highest BCUT2D eigenvalue weighted by molar-refractivity contribution is 7.92. The van der Waals surface area contributed by atoms with Gasteiger partial charge < -0.3 is 10.1 Å². The number of hydrogen-bond acceptors (Lipinski definition) is 4. The molecule has 9 heteroatoms. The summed E-state index contributed by atoms with van der Waals surface area (Å²) in [6.07, 6.45) is 1.19. The molecule has 0 bridgehead atoms. The molecule has 0 fully saturated rings. The molecule has 0 unspecified atom stereocenters. The minimum atomic E-state index is -3.81. The van der Waals surface area contributed by atoms with E-state index < -0.39 is 27.8 Å². The van der Waals surface area contributed by atoms with Crippen molar-refractivity contribution in [1.29, 1.82) is 0 Å². The second kappa shape index (κ2) is 8.58. The number of benzene rings is 2. The molecule has 0 aliphatic heterocycles. The van der Waals surface area contributed by atoms with Crippen LogP contribution in [0.15, 0.2) is 42.5 Å². The molecular weight excluding hydrogens is 395 g/mol. The molecule has 27 heavy (non-hydrogen) atoms. The molecule has 0 heterocycles. The maximum absolute atomic E-state index is 13.2. The molecule has 1 N–H and O–H groups in total. The molecule has 0 aliphatic carbocycles. The lowest BCUT2D eigenvalue weighted by Gasteiger charge is -2.30. The monoisotopic (exact) mass is 414 g/mol. The normalized spacial score (nSPS) is 12.3. The van der Waals surface area contributed by atoms with E-state index in [1.807, 2.05) is 0 Å². The summed E-state index contributed by atoms with van der Waals surface area (Å²) in [4.78, 5) is 12.9. The number of sulfonamides is 1. The number of carbonyl (C=O) groups is 1. The van der Waals surface area contributed by atoms with Crippen LogP contribution in [0.4, 0.5) is 15.8 Å². The second-order valence-electron chi connectivity index (χ2n) is 5.79. The van der Waals surface area contributed by atoms with Gasteiger partial charge in [0.1, 0.15) is 17.6 Å². The zero-order valence-electron chi connectivity index (χ0n) is 15.1. The highest BCUT2D eigenvalue weighted by Crippen LogP contribution is 2.29. The van der Waals surface area contributed by atoms with Crippen LogP contribution in [0.25, 0.3) is 0 Å². The molecule has 0 saturated carbocycles. The molecule has 1 atom stereocenters. The number of nitrogens with one attached hydrogen (secondary N) is 1. The van der Waals surface area contributed by atoms with Gasteiger partial charge in [0, 0.05) is 5.02 Å². The fourth-order valence-corrected chi connectivity index (χ4v) is 4.03. The van der Waals surface area contributed by atoms with E-state index in [0.29, 0.717) is 16.5 Å². The summed E-state index contributed by atoms with van der Waals surface area (Å²) in [5, 5.41) is 3.05. The summed E-state index contributed by atoms with van der Waals surface area (Å²) in [6.45, 7) is 1.68. The molecule has 1 amide bonds. The van der Waals surface area contributed by atoms with Gasteiger partial charge >= 0.3 is 0 Å². The Hall–Kier alpha value is -2.32. The highest BCUT2D eigenvalue weighted by atomic mass is 35.5. The van der Waals surface area contributed by atoms with Gasteiger partial charge in [-0.2, -0.15) is 0 Å². The van der Waals surface area contributed by atoms with Crippen molar-refractivity contribution in [3.8, 4) is 5.75 Å². The van der Waals surface area contributed by atoms with Crippen molar-refractivity contribution in [3.05, 3.63) is 53.3 Å². The summed E-state index contributed by atoms with van der Waals surface area (Å²) in [5.74, 6) is -0.684. The van der Waals surface area contributed by atoms with Crippen molar-refractivity contribution in [2.75, 3.05) is 23.0 Å². The van der Waals surface area contributed by atoms with Crippen LogP contribution in [0, 0.1) is 5.82 Å². The van der Waals surface area contributed by atoms with Crippen LogP contribution in [0.1, 0.15) is 13.3 Å². The first kappa shape index (κ1) is 21.0. The number of amides is 1. The predicted molar refractivity (Wildman–Crippen MR) is 104 cm³/mol. The maximum atomic E-state index is 13.2. The van der Waals surface area contributed by atoms with Crippen LogP contribution in [-0.2, 0) is 14.8 Å². The third kappa shape index (κ3) is 5.11. The Balaban J connectivity index is 2.41. The number of anilines is 2. The van der Waals surface area contributed by atoms with E-state index in [4.69, 9.17) is 16.3 Å². The highest BCUT2D eigenvalue weighted by Gasteiger charge is 2.32. The fourth-order valence-electron chi connectivity index (χ4n) is 2.64. The standard InChI is InChI=1S/C18H20ClFN2O4S/c1-4-16(18(23)21-15-11-12(19)5-10-17(15)26-2)22(27(3,24)25)14-8-6-13(20)7-9-14/h5-11,16H,4H2,1-3H3,(H,21,23)/t16-/m0/s1. The Morgan fingerprint density at radius 2 is 1.89 bits per heavy atom. The number of carbonyl (C=O) groups excluding carboxylic acids is 1. The van der Waals surface area contributed by atoms with Crippen LogP contribution in [-0.4, -0.2) is 33.7 Å². The lowest BCUT2D eigenvalue weighted by molar-refractivity contribution is -0.117. The predicted octanol–water partition coefficient (Wildman–Crippen LogP) is 3.67. The van der Waals surface area contributed by atoms with Crippen LogP contribution < -0.4 is 14.4 Å². The number of hydrogen-bond donors (Lipinski definition) is 1. The molecule has 0 spiro atoms. The molecule has 0 radical (unpaired) electrons. The van der Waals surface area contributed by atoms with Crippen LogP contribution >= 0.6 is 11.6 Å². The summed E-state index contributed by atoms with van der Waals surface area (Å²) in [7, 11) is -2.37. The van der Waals surface area contributed by atoms with Crippen LogP contribution in [0.3, 0.4) is 0 Å². The molecule has 0 saturated heterocycles. The van der Waals surface area contributed by atoms with E-state index in [1.54, 1.807) is 19.1 Å². The first-order valence-electron chi connectivity index (χ1n) is 8.06. The van der Waals surface area contributed by atoms with Crippen LogP contribution in [0.2, 0.25) is 5.02 Å². The van der Waals surface area contributed by atoms with Gasteiger partial charge in [-0.1, -0.05) is 18.5 Å². The van der Waals surface area contributed by atoms with Gasteiger partial charge in [-0.15, -0.1) is 0 Å². The molecule has 2 rings (SSSR count).